The lowest BCUT2D eigenvalue weighted by molar-refractivity contribution is 1.14. The van der Waals surface area contributed by atoms with E-state index in [-0.39, 0.29) is 5.82 Å². The molecular weight excluding hydrogens is 269 g/mol. The number of rotatable bonds is 3. The number of hydrogen-bond acceptors (Lipinski definition) is 3. The minimum Gasteiger partial charge on any atom is -0.382 e. The van der Waals surface area contributed by atoms with Gasteiger partial charge >= 0.3 is 0 Å². The Labute approximate surface area is 116 Å². The first-order valence-electron chi connectivity index (χ1n) is 5.58. The third-order valence-corrected chi connectivity index (χ3v) is 3.20. The Kier molecular flexibility index (Phi) is 3.94. The maximum atomic E-state index is 6.08. The first-order valence-corrected chi connectivity index (χ1v) is 6.34. The van der Waals surface area contributed by atoms with Crippen molar-refractivity contribution in [1.82, 2.24) is 4.98 Å². The van der Waals surface area contributed by atoms with Gasteiger partial charge < -0.3 is 11.1 Å². The molecule has 0 aliphatic heterocycles. The Balaban J connectivity index is 2.37. The van der Waals surface area contributed by atoms with E-state index in [1.807, 2.05) is 18.2 Å². The molecule has 0 aliphatic rings. The minimum absolute atomic E-state index is 0.262. The number of halogens is 2. The fourth-order valence-electron chi connectivity index (χ4n) is 1.65. The molecule has 0 saturated heterocycles. The number of hydrogen-bond donors (Lipinski definition) is 2. The van der Waals surface area contributed by atoms with Crippen molar-refractivity contribution in [3.05, 3.63) is 45.9 Å². The lowest BCUT2D eigenvalue weighted by atomic mass is 10.1. The highest BCUT2D eigenvalue weighted by Gasteiger charge is 2.08. The van der Waals surface area contributed by atoms with Crippen LogP contribution in [0.3, 0.4) is 0 Å². The minimum atomic E-state index is 0.262. The highest BCUT2D eigenvalue weighted by atomic mass is 35.5. The number of benzene rings is 1. The van der Waals surface area contributed by atoms with Gasteiger partial charge in [-0.15, -0.1) is 0 Å². The van der Waals surface area contributed by atoms with Gasteiger partial charge in [0.25, 0.3) is 0 Å². The van der Waals surface area contributed by atoms with E-state index in [0.717, 1.165) is 12.1 Å². The van der Waals surface area contributed by atoms with E-state index in [9.17, 15) is 0 Å². The highest BCUT2D eigenvalue weighted by Crippen LogP contribution is 2.30. The summed E-state index contributed by atoms with van der Waals surface area (Å²) < 4.78 is 0. The summed E-state index contributed by atoms with van der Waals surface area (Å²) >= 11 is 11.9. The van der Waals surface area contributed by atoms with E-state index in [1.54, 1.807) is 6.07 Å². The molecule has 0 fully saturated rings. The number of nitrogens with two attached hydrogens (primary N) is 1. The number of nitrogen functional groups attached to an aromatic ring is 1. The molecule has 5 heteroatoms. The third-order valence-electron chi connectivity index (χ3n) is 2.61. The standard InChI is InChI=1S/C13H13Cl2N3/c1-2-8-5-3-4-6-11(8)17-13-10(15)7-9(14)12(16)18-13/h3-7H,2H2,1H3,(H3,16,17,18). The lowest BCUT2D eigenvalue weighted by Gasteiger charge is -2.12. The number of aromatic nitrogens is 1. The molecule has 18 heavy (non-hydrogen) atoms. The molecule has 0 aliphatic carbocycles. The van der Waals surface area contributed by atoms with Crippen LogP contribution in [0, 0.1) is 0 Å². The third kappa shape index (κ3) is 2.68. The molecule has 0 radical (unpaired) electrons. The molecule has 0 amide bonds. The number of nitrogens with zero attached hydrogens (tertiary/aromatic N) is 1. The van der Waals surface area contributed by atoms with Crippen LogP contribution in [0.1, 0.15) is 12.5 Å². The van der Waals surface area contributed by atoms with Gasteiger partial charge in [-0.2, -0.15) is 0 Å². The van der Waals surface area contributed by atoms with Gasteiger partial charge in [-0.25, -0.2) is 4.98 Å². The van der Waals surface area contributed by atoms with Gasteiger partial charge in [-0.1, -0.05) is 48.3 Å². The van der Waals surface area contributed by atoms with Crippen LogP contribution < -0.4 is 11.1 Å². The molecular formula is C13H13Cl2N3. The fraction of sp³-hybridized carbons (Fsp3) is 0.154. The second kappa shape index (κ2) is 5.46. The SMILES string of the molecule is CCc1ccccc1Nc1nc(N)c(Cl)cc1Cl. The van der Waals surface area contributed by atoms with Crippen LogP contribution in [0.2, 0.25) is 10.0 Å². The normalized spacial score (nSPS) is 10.4. The first kappa shape index (κ1) is 13.0. The van der Waals surface area contributed by atoms with E-state index in [0.29, 0.717) is 15.9 Å². The van der Waals surface area contributed by atoms with Crippen molar-refractivity contribution in [2.24, 2.45) is 0 Å². The molecule has 3 N–H and O–H groups in total. The predicted molar refractivity (Wildman–Crippen MR) is 77.8 cm³/mol. The summed E-state index contributed by atoms with van der Waals surface area (Å²) in [4.78, 5) is 4.15. The van der Waals surface area contributed by atoms with Crippen molar-refractivity contribution >= 4 is 40.5 Å². The van der Waals surface area contributed by atoms with Crippen LogP contribution in [0.4, 0.5) is 17.3 Å². The first-order chi connectivity index (χ1) is 8.61. The van der Waals surface area contributed by atoms with Crippen LogP contribution in [0.5, 0.6) is 0 Å². The van der Waals surface area contributed by atoms with Crippen molar-refractivity contribution < 1.29 is 0 Å². The zero-order chi connectivity index (χ0) is 13.1. The Morgan fingerprint density at radius 2 is 1.94 bits per heavy atom. The Bertz CT molecular complexity index is 570. The Morgan fingerprint density at radius 1 is 1.22 bits per heavy atom. The number of para-hydroxylation sites is 1. The van der Waals surface area contributed by atoms with Gasteiger partial charge in [0.15, 0.2) is 5.82 Å². The van der Waals surface area contributed by atoms with Gasteiger partial charge in [-0.3, -0.25) is 0 Å². The van der Waals surface area contributed by atoms with Crippen LogP contribution in [-0.4, -0.2) is 4.98 Å². The molecule has 2 aromatic rings. The van der Waals surface area contributed by atoms with E-state index in [1.165, 1.54) is 5.56 Å². The van der Waals surface area contributed by atoms with Crippen LogP contribution >= 0.6 is 23.2 Å². The Hall–Kier alpha value is -1.45. The molecule has 1 aromatic heterocycles. The molecule has 1 heterocycles. The fourth-order valence-corrected chi connectivity index (χ4v) is 2.05. The summed E-state index contributed by atoms with van der Waals surface area (Å²) in [6.45, 7) is 2.09. The summed E-state index contributed by atoms with van der Waals surface area (Å²) in [7, 11) is 0. The van der Waals surface area contributed by atoms with Crippen molar-refractivity contribution in [2.75, 3.05) is 11.1 Å². The van der Waals surface area contributed by atoms with Crippen molar-refractivity contribution in [1.29, 1.82) is 0 Å². The molecule has 0 spiro atoms. The van der Waals surface area contributed by atoms with E-state index in [2.05, 4.69) is 23.3 Å². The molecule has 0 unspecified atom stereocenters. The zero-order valence-electron chi connectivity index (χ0n) is 9.87. The summed E-state index contributed by atoms with van der Waals surface area (Å²) in [5.41, 5.74) is 7.82. The van der Waals surface area contributed by atoms with Gasteiger partial charge in [0.05, 0.1) is 10.0 Å². The summed E-state index contributed by atoms with van der Waals surface area (Å²) in [6.07, 6.45) is 0.921. The van der Waals surface area contributed by atoms with Crippen molar-refractivity contribution in [2.45, 2.75) is 13.3 Å². The molecule has 1 aromatic carbocycles. The van der Waals surface area contributed by atoms with E-state index in [4.69, 9.17) is 28.9 Å². The van der Waals surface area contributed by atoms with E-state index >= 15 is 0 Å². The quantitative estimate of drug-likeness (QED) is 0.883. The largest absolute Gasteiger partial charge is 0.382 e. The predicted octanol–water partition coefficient (Wildman–Crippen LogP) is 4.28. The summed E-state index contributed by atoms with van der Waals surface area (Å²) in [5.74, 6) is 0.775. The number of aryl methyl sites for hydroxylation is 1. The molecule has 0 saturated carbocycles. The average Bonchev–Trinajstić information content (AvgIpc) is 2.36. The van der Waals surface area contributed by atoms with Gasteiger partial charge in [0, 0.05) is 5.69 Å². The molecule has 3 nitrogen and oxygen atoms in total. The van der Waals surface area contributed by atoms with Gasteiger partial charge in [0.2, 0.25) is 0 Å². The summed E-state index contributed by atoms with van der Waals surface area (Å²) in [5, 5.41) is 3.98. The maximum absolute atomic E-state index is 6.08. The second-order valence-electron chi connectivity index (χ2n) is 3.82. The average molecular weight is 282 g/mol. The number of nitrogens with one attached hydrogen (secondary N) is 1. The smallest absolute Gasteiger partial charge is 0.151 e. The van der Waals surface area contributed by atoms with Crippen molar-refractivity contribution in [3.63, 3.8) is 0 Å². The van der Waals surface area contributed by atoms with Crippen LogP contribution in [0.15, 0.2) is 30.3 Å². The topological polar surface area (TPSA) is 50.9 Å². The van der Waals surface area contributed by atoms with Gasteiger partial charge in [0.1, 0.15) is 5.82 Å². The highest BCUT2D eigenvalue weighted by molar-refractivity contribution is 6.37. The summed E-state index contributed by atoms with van der Waals surface area (Å²) in [6, 6.07) is 9.56. The molecule has 2 rings (SSSR count). The number of anilines is 3. The Morgan fingerprint density at radius 3 is 2.67 bits per heavy atom. The van der Waals surface area contributed by atoms with Gasteiger partial charge in [-0.05, 0) is 24.1 Å². The second-order valence-corrected chi connectivity index (χ2v) is 4.64. The molecule has 0 bridgehead atoms. The van der Waals surface area contributed by atoms with Crippen LogP contribution in [0.25, 0.3) is 0 Å². The number of pyridine rings is 1. The molecule has 0 atom stereocenters. The van der Waals surface area contributed by atoms with E-state index < -0.39 is 0 Å². The van der Waals surface area contributed by atoms with Crippen molar-refractivity contribution in [3.8, 4) is 0 Å². The molecule has 94 valence electrons. The monoisotopic (exact) mass is 281 g/mol. The van der Waals surface area contributed by atoms with Crippen LogP contribution in [-0.2, 0) is 6.42 Å². The maximum Gasteiger partial charge on any atom is 0.151 e. The lowest BCUT2D eigenvalue weighted by Crippen LogP contribution is -2.01. The zero-order valence-corrected chi connectivity index (χ0v) is 11.4.